The number of anilines is 1. The number of hydrogen-bond donors (Lipinski definition) is 1. The van der Waals surface area contributed by atoms with Gasteiger partial charge in [-0.25, -0.2) is 8.78 Å². The first-order chi connectivity index (χ1) is 8.99. The number of nitrogens with two attached hydrogens (primary N) is 1. The lowest BCUT2D eigenvalue weighted by molar-refractivity contribution is -0.386. The smallest absolute Gasteiger partial charge is 0.305 e. The van der Waals surface area contributed by atoms with Crippen molar-refractivity contribution in [1.82, 2.24) is 0 Å². The Morgan fingerprint density at radius 3 is 2.53 bits per heavy atom. The molecule has 0 saturated heterocycles. The monoisotopic (exact) mass is 282 g/mol. The Labute approximate surface area is 111 Å². The molecule has 0 aliphatic rings. The van der Waals surface area contributed by atoms with Crippen LogP contribution in [-0.2, 0) is 0 Å². The molecule has 0 aliphatic carbocycles. The molecule has 0 saturated carbocycles. The molecule has 0 radical (unpaired) electrons. The average molecular weight is 282 g/mol. The van der Waals surface area contributed by atoms with Crippen molar-refractivity contribution in [2.75, 3.05) is 5.73 Å². The molecule has 2 aromatic carbocycles. The molecule has 2 N–H and O–H groups in total. The van der Waals surface area contributed by atoms with E-state index in [2.05, 4.69) is 0 Å². The molecular weight excluding hydrogens is 274 g/mol. The highest BCUT2D eigenvalue weighted by atomic mass is 32.2. The normalized spacial score (nSPS) is 10.4. The largest absolute Gasteiger partial charge is 0.393 e. The summed E-state index contributed by atoms with van der Waals surface area (Å²) >= 11 is 0.829. The van der Waals surface area contributed by atoms with Gasteiger partial charge in [0.2, 0.25) is 0 Å². The van der Waals surface area contributed by atoms with E-state index >= 15 is 0 Å². The summed E-state index contributed by atoms with van der Waals surface area (Å²) < 4.78 is 26.3. The van der Waals surface area contributed by atoms with Crippen molar-refractivity contribution in [2.45, 2.75) is 9.79 Å². The van der Waals surface area contributed by atoms with Crippen molar-refractivity contribution >= 4 is 23.1 Å². The predicted molar refractivity (Wildman–Crippen MR) is 68.0 cm³/mol. The van der Waals surface area contributed by atoms with E-state index in [1.54, 1.807) is 0 Å². The van der Waals surface area contributed by atoms with E-state index in [9.17, 15) is 18.9 Å². The molecule has 0 unspecified atom stereocenters. The SMILES string of the molecule is Nc1cccc(Sc2ccc(F)cc2F)c1[N+](=O)[O-]. The number of rotatable bonds is 3. The molecule has 7 heteroatoms. The van der Waals surface area contributed by atoms with Crippen LogP contribution >= 0.6 is 11.8 Å². The number of nitrogens with zero attached hydrogens (tertiary/aromatic N) is 1. The number of nitro groups is 1. The van der Waals surface area contributed by atoms with Crippen molar-refractivity contribution in [3.8, 4) is 0 Å². The molecule has 19 heavy (non-hydrogen) atoms. The van der Waals surface area contributed by atoms with Gasteiger partial charge < -0.3 is 5.73 Å². The van der Waals surface area contributed by atoms with Crippen LogP contribution in [0.15, 0.2) is 46.2 Å². The van der Waals surface area contributed by atoms with Gasteiger partial charge in [0, 0.05) is 11.0 Å². The maximum atomic E-state index is 13.5. The number of benzene rings is 2. The van der Waals surface area contributed by atoms with E-state index in [1.165, 1.54) is 24.3 Å². The molecule has 2 rings (SSSR count). The number of nitro benzene ring substituents is 1. The zero-order valence-electron chi connectivity index (χ0n) is 9.47. The lowest BCUT2D eigenvalue weighted by Crippen LogP contribution is -1.97. The van der Waals surface area contributed by atoms with Gasteiger partial charge in [0.15, 0.2) is 0 Å². The third-order valence-electron chi connectivity index (χ3n) is 2.33. The van der Waals surface area contributed by atoms with Crippen LogP contribution in [-0.4, -0.2) is 4.92 Å². The molecular formula is C12H8F2N2O2S. The van der Waals surface area contributed by atoms with Gasteiger partial charge in [-0.05, 0) is 24.3 Å². The van der Waals surface area contributed by atoms with Crippen molar-refractivity contribution in [3.63, 3.8) is 0 Å². The second-order valence-electron chi connectivity index (χ2n) is 3.63. The maximum absolute atomic E-state index is 13.5. The number of nitrogen functional groups attached to an aromatic ring is 1. The highest BCUT2D eigenvalue weighted by molar-refractivity contribution is 7.99. The van der Waals surface area contributed by atoms with Crippen LogP contribution in [0.1, 0.15) is 0 Å². The molecule has 0 aromatic heterocycles. The Morgan fingerprint density at radius 1 is 1.16 bits per heavy atom. The Morgan fingerprint density at radius 2 is 1.89 bits per heavy atom. The van der Waals surface area contributed by atoms with Gasteiger partial charge in [-0.15, -0.1) is 0 Å². The first-order valence-electron chi connectivity index (χ1n) is 5.15. The highest BCUT2D eigenvalue weighted by Gasteiger charge is 2.19. The second kappa shape index (κ2) is 5.23. The van der Waals surface area contributed by atoms with E-state index in [0.717, 1.165) is 23.9 Å². The van der Waals surface area contributed by atoms with Crippen LogP contribution < -0.4 is 5.73 Å². The molecule has 0 spiro atoms. The Hall–Kier alpha value is -2.15. The third kappa shape index (κ3) is 2.82. The summed E-state index contributed by atoms with van der Waals surface area (Å²) in [5, 5.41) is 10.9. The van der Waals surface area contributed by atoms with Crippen LogP contribution in [0, 0.1) is 21.7 Å². The summed E-state index contributed by atoms with van der Waals surface area (Å²) in [5.74, 6) is -1.48. The molecule has 0 heterocycles. The summed E-state index contributed by atoms with van der Waals surface area (Å²) in [6, 6.07) is 7.42. The molecule has 0 bridgehead atoms. The fraction of sp³-hybridized carbons (Fsp3) is 0. The topological polar surface area (TPSA) is 69.2 Å². The molecule has 98 valence electrons. The van der Waals surface area contributed by atoms with Gasteiger partial charge in [-0.3, -0.25) is 10.1 Å². The second-order valence-corrected chi connectivity index (χ2v) is 4.71. The van der Waals surface area contributed by atoms with E-state index < -0.39 is 16.6 Å². The summed E-state index contributed by atoms with van der Waals surface area (Å²) in [7, 11) is 0. The standard InChI is InChI=1S/C12H8F2N2O2S/c13-7-4-5-10(8(14)6-7)19-11-3-1-2-9(15)12(11)16(17)18/h1-6H,15H2. The molecule has 4 nitrogen and oxygen atoms in total. The van der Waals surface area contributed by atoms with Crippen molar-refractivity contribution in [1.29, 1.82) is 0 Å². The fourth-order valence-electron chi connectivity index (χ4n) is 1.49. The number of hydrogen-bond acceptors (Lipinski definition) is 4. The lowest BCUT2D eigenvalue weighted by Gasteiger charge is -2.05. The molecule has 0 atom stereocenters. The predicted octanol–water partition coefficient (Wildman–Crippen LogP) is 3.61. The lowest BCUT2D eigenvalue weighted by atomic mass is 10.3. The number of halogens is 2. The minimum atomic E-state index is -0.776. The number of para-hydroxylation sites is 1. The average Bonchev–Trinajstić information content (AvgIpc) is 2.32. The quantitative estimate of drug-likeness (QED) is 0.530. The summed E-state index contributed by atoms with van der Waals surface area (Å²) in [5.41, 5.74) is 5.25. The third-order valence-corrected chi connectivity index (χ3v) is 3.43. The van der Waals surface area contributed by atoms with Gasteiger partial charge in [0.05, 0.1) is 9.82 Å². The van der Waals surface area contributed by atoms with Crippen molar-refractivity contribution < 1.29 is 13.7 Å². The van der Waals surface area contributed by atoms with Gasteiger partial charge in [-0.2, -0.15) is 0 Å². The van der Waals surface area contributed by atoms with E-state index in [-0.39, 0.29) is 21.2 Å². The van der Waals surface area contributed by atoms with E-state index in [4.69, 9.17) is 5.73 Å². The van der Waals surface area contributed by atoms with Gasteiger partial charge in [0.1, 0.15) is 17.3 Å². The van der Waals surface area contributed by atoms with Crippen LogP contribution in [0.25, 0.3) is 0 Å². The van der Waals surface area contributed by atoms with Crippen LogP contribution in [0.3, 0.4) is 0 Å². The zero-order valence-corrected chi connectivity index (χ0v) is 10.3. The minimum Gasteiger partial charge on any atom is -0.393 e. The zero-order chi connectivity index (χ0) is 14.0. The highest BCUT2D eigenvalue weighted by Crippen LogP contribution is 2.38. The molecule has 0 fully saturated rings. The van der Waals surface area contributed by atoms with Gasteiger partial charge in [-0.1, -0.05) is 17.8 Å². The molecule has 0 amide bonds. The summed E-state index contributed by atoms with van der Waals surface area (Å²) in [6.45, 7) is 0. The molecule has 2 aromatic rings. The first kappa shape index (κ1) is 13.3. The van der Waals surface area contributed by atoms with Crippen molar-refractivity contribution in [3.05, 3.63) is 58.1 Å². The van der Waals surface area contributed by atoms with E-state index in [1.807, 2.05) is 0 Å². The Bertz CT molecular complexity index is 650. The minimum absolute atomic E-state index is 0.00230. The Balaban J connectivity index is 2.44. The fourth-order valence-corrected chi connectivity index (χ4v) is 2.46. The van der Waals surface area contributed by atoms with Crippen molar-refractivity contribution in [2.24, 2.45) is 0 Å². The van der Waals surface area contributed by atoms with Crippen LogP contribution in [0.2, 0.25) is 0 Å². The molecule has 0 aliphatic heterocycles. The van der Waals surface area contributed by atoms with Gasteiger partial charge in [0.25, 0.3) is 0 Å². The van der Waals surface area contributed by atoms with Crippen LogP contribution in [0.5, 0.6) is 0 Å². The Kier molecular flexibility index (Phi) is 3.66. The first-order valence-corrected chi connectivity index (χ1v) is 5.96. The van der Waals surface area contributed by atoms with Gasteiger partial charge >= 0.3 is 5.69 Å². The maximum Gasteiger partial charge on any atom is 0.305 e. The van der Waals surface area contributed by atoms with E-state index in [0.29, 0.717) is 0 Å². The summed E-state index contributed by atoms with van der Waals surface area (Å²) in [4.78, 5) is 10.6. The van der Waals surface area contributed by atoms with Crippen LogP contribution in [0.4, 0.5) is 20.2 Å². The summed E-state index contributed by atoms with van der Waals surface area (Å²) in [6.07, 6.45) is 0.